The number of carboxylic acids is 4. The van der Waals surface area contributed by atoms with Gasteiger partial charge in [-0.25, -0.2) is 4.79 Å². The van der Waals surface area contributed by atoms with Gasteiger partial charge >= 0.3 is 23.9 Å². The number of carbonyl (C=O) groups excluding carboxylic acids is 10. The Morgan fingerprint density at radius 3 is 1.57 bits per heavy atom. The minimum Gasteiger partial charge on any atom is -0.481 e. The first kappa shape index (κ1) is 67.1. The normalized spacial score (nSPS) is 14.8. The van der Waals surface area contributed by atoms with Crippen LogP contribution in [-0.4, -0.2) is 181 Å². The number of carboxylic acid groups (broad SMARTS) is 4. The van der Waals surface area contributed by atoms with E-state index in [-0.39, 0.29) is 24.3 Å². The smallest absolute Gasteiger partial charge is 0.326 e. The fraction of sp³-hybridized carbons (Fsp3) is 0.532. The van der Waals surface area contributed by atoms with Crippen LogP contribution in [0.5, 0.6) is 0 Å². The molecule has 79 heavy (non-hydrogen) atoms. The van der Waals surface area contributed by atoms with Crippen LogP contribution in [0.3, 0.4) is 0 Å². The number of benzene rings is 1. The van der Waals surface area contributed by atoms with Gasteiger partial charge in [0.2, 0.25) is 59.1 Å². The predicted octanol–water partition coefficient (Wildman–Crippen LogP) is -4.63. The Morgan fingerprint density at radius 2 is 1.05 bits per heavy atom. The number of carbonyl (C=O) groups is 14. The second-order valence-electron chi connectivity index (χ2n) is 18.4. The van der Waals surface area contributed by atoms with Crippen molar-refractivity contribution in [1.29, 1.82) is 0 Å². The van der Waals surface area contributed by atoms with Crippen molar-refractivity contribution in [3.63, 3.8) is 0 Å². The van der Waals surface area contributed by atoms with Gasteiger partial charge in [-0.1, -0.05) is 52.3 Å². The zero-order valence-electron chi connectivity index (χ0n) is 43.4. The van der Waals surface area contributed by atoms with Crippen LogP contribution in [0, 0.1) is 11.8 Å². The molecule has 10 atom stereocenters. The molecule has 0 fully saturated rings. The van der Waals surface area contributed by atoms with Crippen molar-refractivity contribution in [2.45, 2.75) is 127 Å². The SMILES string of the molecule is CC[C@H](C)[C@H](NC(=O)CNC(=O)[C@H](CS)NC(=O)[C@H](CC(=O)O)NC(=O)[C@@H](N)CS)C(=O)N[C@@H](CCC(N)=O)C(=O)N[C@H](C(=O)N[C@@H](CC(=O)O)C(=O)N[C@@H](Cc1c[nH]c2ccccc12)C(=O)N[C@@H](CC(=O)O)C(=O)O)C(C)C. The molecule has 2 aromatic rings. The summed E-state index contributed by atoms with van der Waals surface area (Å²) in [4.78, 5) is 183. The van der Waals surface area contributed by atoms with E-state index in [9.17, 15) is 87.5 Å². The van der Waals surface area contributed by atoms with Crippen molar-refractivity contribution in [3.8, 4) is 0 Å². The summed E-state index contributed by atoms with van der Waals surface area (Å²) in [5, 5.41) is 59.1. The molecule has 1 aromatic carbocycles. The predicted molar refractivity (Wildman–Crippen MR) is 283 cm³/mol. The van der Waals surface area contributed by atoms with Crippen molar-refractivity contribution in [2.24, 2.45) is 23.3 Å². The zero-order chi connectivity index (χ0) is 59.8. The maximum absolute atomic E-state index is 14.0. The van der Waals surface area contributed by atoms with Gasteiger partial charge in [0.15, 0.2) is 0 Å². The molecule has 0 aliphatic heterocycles. The van der Waals surface area contributed by atoms with Crippen LogP contribution < -0.4 is 59.3 Å². The van der Waals surface area contributed by atoms with Crippen molar-refractivity contribution in [2.75, 3.05) is 18.1 Å². The highest BCUT2D eigenvalue weighted by atomic mass is 32.1. The molecule has 0 aliphatic rings. The largest absolute Gasteiger partial charge is 0.481 e. The van der Waals surface area contributed by atoms with Crippen LogP contribution in [0.1, 0.15) is 71.8 Å². The number of hydrogen-bond acceptors (Lipinski definition) is 17. The highest BCUT2D eigenvalue weighted by molar-refractivity contribution is 7.80. The minimum atomic E-state index is -1.98. The number of rotatable bonds is 35. The number of aromatic amines is 1. The number of nitrogens with one attached hydrogen (secondary N) is 10. The number of para-hydroxylation sites is 1. The Morgan fingerprint density at radius 1 is 0.570 bits per heavy atom. The summed E-state index contributed by atoms with van der Waals surface area (Å²) in [5.41, 5.74) is 12.0. The average molecular weight is 1150 g/mol. The lowest BCUT2D eigenvalue weighted by Gasteiger charge is -2.29. The zero-order valence-corrected chi connectivity index (χ0v) is 45.2. The molecular weight excluding hydrogens is 1080 g/mol. The lowest BCUT2D eigenvalue weighted by molar-refractivity contribution is -0.147. The molecule has 0 saturated heterocycles. The molecule has 0 aliphatic carbocycles. The lowest BCUT2D eigenvalue weighted by atomic mass is 9.97. The van der Waals surface area contributed by atoms with Gasteiger partial charge in [0, 0.05) is 41.4 Å². The molecule has 2 rings (SSSR count). The van der Waals surface area contributed by atoms with Crippen LogP contribution in [0.2, 0.25) is 0 Å². The van der Waals surface area contributed by atoms with Gasteiger partial charge in [-0.15, -0.1) is 0 Å². The van der Waals surface area contributed by atoms with E-state index in [1.807, 2.05) is 0 Å². The Bertz CT molecular complexity index is 2580. The Balaban J connectivity index is 2.33. The number of aromatic nitrogens is 1. The molecule has 436 valence electrons. The number of fused-ring (bicyclic) bond motifs is 1. The maximum Gasteiger partial charge on any atom is 0.326 e. The van der Waals surface area contributed by atoms with Gasteiger partial charge in [0.05, 0.1) is 31.8 Å². The van der Waals surface area contributed by atoms with E-state index < -0.39 is 188 Å². The molecular formula is C47H68N12O18S2. The van der Waals surface area contributed by atoms with Gasteiger partial charge in [-0.2, -0.15) is 25.3 Å². The van der Waals surface area contributed by atoms with Gasteiger partial charge in [-0.3, -0.25) is 62.3 Å². The highest BCUT2D eigenvalue weighted by Crippen LogP contribution is 2.20. The van der Waals surface area contributed by atoms with Gasteiger partial charge < -0.3 is 84.7 Å². The molecule has 30 nitrogen and oxygen atoms in total. The quantitative estimate of drug-likeness (QED) is 0.0289. The number of hydrogen-bond donors (Lipinski definition) is 18. The second kappa shape index (κ2) is 32.7. The molecule has 32 heteroatoms. The van der Waals surface area contributed by atoms with Crippen molar-refractivity contribution in [3.05, 3.63) is 36.0 Å². The lowest BCUT2D eigenvalue weighted by Crippen LogP contribution is -2.61. The van der Waals surface area contributed by atoms with Crippen LogP contribution >= 0.6 is 25.3 Å². The van der Waals surface area contributed by atoms with E-state index in [0.29, 0.717) is 16.5 Å². The summed E-state index contributed by atoms with van der Waals surface area (Å²) >= 11 is 7.93. The van der Waals surface area contributed by atoms with Crippen LogP contribution in [0.4, 0.5) is 0 Å². The molecule has 0 unspecified atom stereocenters. The Labute approximate surface area is 462 Å². The van der Waals surface area contributed by atoms with Gasteiger partial charge in [-0.05, 0) is 29.9 Å². The van der Waals surface area contributed by atoms with Crippen LogP contribution in [0.15, 0.2) is 30.5 Å². The molecule has 1 aromatic heterocycles. The van der Waals surface area contributed by atoms with E-state index in [1.165, 1.54) is 20.0 Å². The average Bonchev–Trinajstić information content (AvgIpc) is 3.79. The van der Waals surface area contributed by atoms with Crippen molar-refractivity contribution < 1.29 is 87.5 Å². The summed E-state index contributed by atoms with van der Waals surface area (Å²) in [6, 6.07) is -7.95. The summed E-state index contributed by atoms with van der Waals surface area (Å²) in [5.74, 6) is -19.0. The first-order valence-electron chi connectivity index (χ1n) is 24.4. The van der Waals surface area contributed by atoms with E-state index in [0.717, 1.165) is 0 Å². The molecule has 1 heterocycles. The third kappa shape index (κ3) is 22.5. The number of H-pyrrole nitrogens is 1. The Hall–Kier alpha value is -8.00. The van der Waals surface area contributed by atoms with E-state index in [2.05, 4.69) is 78.1 Å². The summed E-state index contributed by atoms with van der Waals surface area (Å²) < 4.78 is 0. The minimum absolute atomic E-state index is 0.141. The topological polar surface area (TPSA) is 496 Å². The summed E-state index contributed by atoms with van der Waals surface area (Å²) in [6.07, 6.45) is -2.64. The standard InChI is InChI=1S/C47H68N12O18S2/c1-5-21(4)38(58-33(61)17-51-40(69)31(19-79)57-44(73)28(13-34(62)63)53-39(68)24(48)18-78)46(75)52-26(10-11-32(49)60)41(70)59-37(20(2)3)45(74)55-29(14-35(64)65)43(72)54-27(42(71)56-30(47(76)77)15-36(66)67)12-22-16-50-25-9-7-6-8-23(22)25/h6-9,16,20-21,24,26-31,37-38,50,78-79H,5,10-15,17-19,48H2,1-4H3,(H2,49,60)(H,51,69)(H,52,75)(H,53,68)(H,54,72)(H,55,74)(H,56,71)(H,57,73)(H,58,61)(H,59,70)(H,62,63)(H,64,65)(H,66,67)(H,76,77)/t21-,24-,26-,27-,28-,29-,30-,31-,37-,38-/m0/s1. The number of amides is 10. The number of aliphatic carboxylic acids is 4. The summed E-state index contributed by atoms with van der Waals surface area (Å²) in [7, 11) is 0. The van der Waals surface area contributed by atoms with E-state index in [4.69, 9.17) is 11.5 Å². The number of nitrogens with two attached hydrogens (primary N) is 2. The molecule has 0 spiro atoms. The number of thiol groups is 2. The van der Waals surface area contributed by atoms with Crippen LogP contribution in [-0.2, 0) is 73.5 Å². The van der Waals surface area contributed by atoms with Crippen LogP contribution in [0.25, 0.3) is 10.9 Å². The first-order valence-corrected chi connectivity index (χ1v) is 25.7. The van der Waals surface area contributed by atoms with E-state index >= 15 is 0 Å². The fourth-order valence-corrected chi connectivity index (χ4v) is 7.75. The third-order valence-corrected chi connectivity index (χ3v) is 12.7. The molecule has 0 bridgehead atoms. The molecule has 0 saturated carbocycles. The van der Waals surface area contributed by atoms with Crippen molar-refractivity contribution in [1.82, 2.24) is 52.8 Å². The third-order valence-electron chi connectivity index (χ3n) is 11.9. The van der Waals surface area contributed by atoms with E-state index in [1.54, 1.807) is 38.1 Å². The monoisotopic (exact) mass is 1150 g/mol. The first-order chi connectivity index (χ1) is 37.0. The molecule has 18 N–H and O–H groups in total. The molecule has 0 radical (unpaired) electrons. The highest BCUT2D eigenvalue weighted by Gasteiger charge is 2.37. The second-order valence-corrected chi connectivity index (χ2v) is 19.1. The maximum atomic E-state index is 14.0. The number of primary amides is 1. The van der Waals surface area contributed by atoms with Gasteiger partial charge in [0.1, 0.15) is 48.3 Å². The Kier molecular flexibility index (Phi) is 27.8. The van der Waals surface area contributed by atoms with Gasteiger partial charge in [0.25, 0.3) is 0 Å². The van der Waals surface area contributed by atoms with Crippen molar-refractivity contribution >= 4 is 119 Å². The molecule has 10 amide bonds. The summed E-state index contributed by atoms with van der Waals surface area (Å²) in [6.45, 7) is 5.29. The fourth-order valence-electron chi connectivity index (χ4n) is 7.33.